The van der Waals surface area contributed by atoms with Gasteiger partial charge in [-0.25, -0.2) is 0 Å². The van der Waals surface area contributed by atoms with Gasteiger partial charge in [-0.05, 0) is 18.6 Å². The Morgan fingerprint density at radius 2 is 2.13 bits per heavy atom. The van der Waals surface area contributed by atoms with Gasteiger partial charge in [0.2, 0.25) is 0 Å². The van der Waals surface area contributed by atoms with Gasteiger partial charge in [0.05, 0.1) is 11.7 Å². The number of hydrogen-bond acceptors (Lipinski definition) is 3. The van der Waals surface area contributed by atoms with E-state index in [1.807, 2.05) is 0 Å². The third kappa shape index (κ3) is 1.94. The number of carbonyl (C=O) groups excluding carboxylic acids is 1. The molecule has 15 heavy (non-hydrogen) atoms. The van der Waals surface area contributed by atoms with Crippen molar-refractivity contribution in [3.8, 4) is 5.75 Å². The van der Waals surface area contributed by atoms with Crippen molar-refractivity contribution >= 4 is 5.91 Å². The molecule has 1 saturated heterocycles. The number of aliphatic hydroxyl groups is 1. The van der Waals surface area contributed by atoms with E-state index >= 15 is 0 Å². The summed E-state index contributed by atoms with van der Waals surface area (Å²) in [5, 5.41) is 18.8. The summed E-state index contributed by atoms with van der Waals surface area (Å²) >= 11 is 0. The maximum Gasteiger partial charge on any atom is 0.257 e. The fourth-order valence-corrected chi connectivity index (χ4v) is 1.75. The van der Waals surface area contributed by atoms with E-state index in [-0.39, 0.29) is 11.7 Å². The van der Waals surface area contributed by atoms with Crippen molar-refractivity contribution in [1.82, 2.24) is 4.90 Å². The highest BCUT2D eigenvalue weighted by atomic mass is 16.3. The number of carbonyl (C=O) groups is 1. The topological polar surface area (TPSA) is 60.8 Å². The number of hydrogen-bond donors (Lipinski definition) is 2. The average molecular weight is 207 g/mol. The number of rotatable bonds is 1. The molecule has 1 amide bonds. The van der Waals surface area contributed by atoms with Gasteiger partial charge < -0.3 is 15.1 Å². The molecule has 0 bridgehead atoms. The molecule has 0 aromatic heterocycles. The summed E-state index contributed by atoms with van der Waals surface area (Å²) in [5.74, 6) is -0.228. The van der Waals surface area contributed by atoms with Gasteiger partial charge in [0.1, 0.15) is 5.75 Å². The van der Waals surface area contributed by atoms with E-state index < -0.39 is 6.10 Å². The SMILES string of the molecule is O=C(c1ccccc1O)N1CCC(O)C1. The second-order valence-corrected chi connectivity index (χ2v) is 3.71. The van der Waals surface area contributed by atoms with Gasteiger partial charge in [-0.15, -0.1) is 0 Å². The lowest BCUT2D eigenvalue weighted by atomic mass is 10.2. The van der Waals surface area contributed by atoms with Crippen molar-refractivity contribution < 1.29 is 15.0 Å². The Bertz CT molecular complexity index is 378. The summed E-state index contributed by atoms with van der Waals surface area (Å²) in [7, 11) is 0. The van der Waals surface area contributed by atoms with Crippen molar-refractivity contribution in [2.75, 3.05) is 13.1 Å². The number of phenols is 1. The van der Waals surface area contributed by atoms with Crippen LogP contribution in [0.4, 0.5) is 0 Å². The second-order valence-electron chi connectivity index (χ2n) is 3.71. The van der Waals surface area contributed by atoms with Crippen LogP contribution in [0.2, 0.25) is 0 Å². The summed E-state index contributed by atoms with van der Waals surface area (Å²) in [5.41, 5.74) is 0.298. The van der Waals surface area contributed by atoms with Crippen LogP contribution in [0.1, 0.15) is 16.8 Å². The highest BCUT2D eigenvalue weighted by Crippen LogP contribution is 2.20. The molecule has 1 heterocycles. The fourth-order valence-electron chi connectivity index (χ4n) is 1.75. The van der Waals surface area contributed by atoms with Gasteiger partial charge in [0.25, 0.3) is 5.91 Å². The van der Waals surface area contributed by atoms with Gasteiger partial charge in [-0.1, -0.05) is 12.1 Å². The van der Waals surface area contributed by atoms with Gasteiger partial charge in [0.15, 0.2) is 0 Å². The lowest BCUT2D eigenvalue weighted by Gasteiger charge is -2.15. The van der Waals surface area contributed by atoms with Crippen molar-refractivity contribution in [2.45, 2.75) is 12.5 Å². The minimum Gasteiger partial charge on any atom is -0.507 e. The Balaban J connectivity index is 2.18. The number of para-hydroxylation sites is 1. The Morgan fingerprint density at radius 1 is 1.40 bits per heavy atom. The van der Waals surface area contributed by atoms with Crippen LogP contribution in [0.25, 0.3) is 0 Å². The highest BCUT2D eigenvalue weighted by Gasteiger charge is 2.26. The number of benzene rings is 1. The van der Waals surface area contributed by atoms with Crippen LogP contribution in [0, 0.1) is 0 Å². The lowest BCUT2D eigenvalue weighted by molar-refractivity contribution is 0.0762. The van der Waals surface area contributed by atoms with Crippen LogP contribution in [0.3, 0.4) is 0 Å². The lowest BCUT2D eigenvalue weighted by Crippen LogP contribution is -2.29. The molecule has 2 rings (SSSR count). The number of β-amino-alcohol motifs (C(OH)–C–C–N with tert-alkyl or cyclic N) is 1. The number of aliphatic hydroxyl groups excluding tert-OH is 1. The minimum absolute atomic E-state index is 0.0103. The van der Waals surface area contributed by atoms with E-state index in [1.54, 1.807) is 23.1 Å². The molecule has 1 atom stereocenters. The maximum atomic E-state index is 11.9. The predicted molar refractivity (Wildman–Crippen MR) is 54.6 cm³/mol. The van der Waals surface area contributed by atoms with Crippen LogP contribution in [0.5, 0.6) is 5.75 Å². The highest BCUT2D eigenvalue weighted by molar-refractivity contribution is 5.96. The fraction of sp³-hybridized carbons (Fsp3) is 0.364. The Kier molecular flexibility index (Phi) is 2.60. The first-order valence-corrected chi connectivity index (χ1v) is 4.94. The third-order valence-corrected chi connectivity index (χ3v) is 2.59. The second kappa shape index (κ2) is 3.90. The van der Waals surface area contributed by atoms with Crippen molar-refractivity contribution in [3.63, 3.8) is 0 Å². The van der Waals surface area contributed by atoms with Gasteiger partial charge in [0, 0.05) is 13.1 Å². The molecule has 0 saturated carbocycles. The number of amides is 1. The molecule has 1 aliphatic rings. The molecule has 80 valence electrons. The molecule has 1 fully saturated rings. The Labute approximate surface area is 87.8 Å². The van der Waals surface area contributed by atoms with E-state index in [2.05, 4.69) is 0 Å². The molecule has 0 radical (unpaired) electrons. The first kappa shape index (κ1) is 9.98. The van der Waals surface area contributed by atoms with E-state index in [9.17, 15) is 15.0 Å². The molecule has 1 aliphatic heterocycles. The molecule has 4 heteroatoms. The molecule has 1 aromatic carbocycles. The molecule has 4 nitrogen and oxygen atoms in total. The molecular formula is C11H13NO3. The van der Waals surface area contributed by atoms with E-state index in [0.29, 0.717) is 25.1 Å². The molecule has 1 aromatic rings. The van der Waals surface area contributed by atoms with Crippen LogP contribution in [0.15, 0.2) is 24.3 Å². The van der Waals surface area contributed by atoms with Crippen LogP contribution in [-0.4, -0.2) is 40.2 Å². The van der Waals surface area contributed by atoms with Crippen LogP contribution in [-0.2, 0) is 0 Å². The molecular weight excluding hydrogens is 194 g/mol. The van der Waals surface area contributed by atoms with E-state index in [1.165, 1.54) is 6.07 Å². The van der Waals surface area contributed by atoms with E-state index in [4.69, 9.17) is 0 Å². The standard InChI is InChI=1S/C11H13NO3/c13-8-5-6-12(7-8)11(15)9-3-1-2-4-10(9)14/h1-4,8,13-14H,5-7H2. The summed E-state index contributed by atoms with van der Waals surface area (Å²) in [6, 6.07) is 6.45. The molecule has 0 spiro atoms. The maximum absolute atomic E-state index is 11.9. The van der Waals surface area contributed by atoms with Crippen molar-refractivity contribution in [2.24, 2.45) is 0 Å². The number of nitrogens with zero attached hydrogens (tertiary/aromatic N) is 1. The first-order valence-electron chi connectivity index (χ1n) is 4.94. The molecule has 1 unspecified atom stereocenters. The molecule has 2 N–H and O–H groups in total. The van der Waals surface area contributed by atoms with Gasteiger partial charge in [-0.3, -0.25) is 4.79 Å². The van der Waals surface area contributed by atoms with Crippen molar-refractivity contribution in [1.29, 1.82) is 0 Å². The summed E-state index contributed by atoms with van der Waals surface area (Å²) in [4.78, 5) is 13.4. The normalized spacial score (nSPS) is 20.6. The zero-order valence-electron chi connectivity index (χ0n) is 8.26. The Morgan fingerprint density at radius 3 is 2.73 bits per heavy atom. The quantitative estimate of drug-likeness (QED) is 0.709. The van der Waals surface area contributed by atoms with Crippen LogP contribution < -0.4 is 0 Å². The monoisotopic (exact) mass is 207 g/mol. The summed E-state index contributed by atoms with van der Waals surface area (Å²) in [6.45, 7) is 0.904. The first-order chi connectivity index (χ1) is 7.18. The molecule has 0 aliphatic carbocycles. The van der Waals surface area contributed by atoms with Gasteiger partial charge >= 0.3 is 0 Å². The minimum atomic E-state index is -0.431. The largest absolute Gasteiger partial charge is 0.507 e. The number of likely N-dealkylation sites (tertiary alicyclic amines) is 1. The zero-order valence-corrected chi connectivity index (χ0v) is 8.26. The Hall–Kier alpha value is -1.55. The zero-order chi connectivity index (χ0) is 10.8. The van der Waals surface area contributed by atoms with Gasteiger partial charge in [-0.2, -0.15) is 0 Å². The number of phenolic OH excluding ortho intramolecular Hbond substituents is 1. The predicted octanol–water partition coefficient (Wildman–Crippen LogP) is 0.599. The summed E-state index contributed by atoms with van der Waals surface area (Å²) < 4.78 is 0. The number of aromatic hydroxyl groups is 1. The third-order valence-electron chi connectivity index (χ3n) is 2.59. The summed E-state index contributed by atoms with van der Waals surface area (Å²) in [6.07, 6.45) is 0.180. The average Bonchev–Trinajstić information content (AvgIpc) is 2.65. The van der Waals surface area contributed by atoms with Crippen LogP contribution >= 0.6 is 0 Å². The smallest absolute Gasteiger partial charge is 0.257 e. The van der Waals surface area contributed by atoms with E-state index in [0.717, 1.165) is 0 Å². The van der Waals surface area contributed by atoms with Crippen molar-refractivity contribution in [3.05, 3.63) is 29.8 Å².